The van der Waals surface area contributed by atoms with Crippen LogP contribution >= 0.6 is 15.9 Å². The molecular weight excluding hydrogens is 292 g/mol. The molecule has 0 amide bonds. The maximum absolute atomic E-state index is 6.41. The number of rotatable bonds is 7. The third-order valence-corrected chi connectivity index (χ3v) is 4.08. The van der Waals surface area contributed by atoms with Gasteiger partial charge in [0.2, 0.25) is 0 Å². The van der Waals surface area contributed by atoms with Crippen LogP contribution in [0.5, 0.6) is 0 Å². The number of hydrogen-bond acceptors (Lipinski definition) is 3. The summed E-state index contributed by atoms with van der Waals surface area (Å²) in [6, 6.07) is 0.0547. The fraction of sp³-hybridized carbons (Fsp3) is 0.769. The number of likely N-dealkylation sites (N-methyl/N-ethyl adjacent to an activating group) is 1. The first-order valence-electron chi connectivity index (χ1n) is 6.62. The van der Waals surface area contributed by atoms with Gasteiger partial charge in [-0.1, -0.05) is 26.7 Å². The molecule has 0 saturated heterocycles. The summed E-state index contributed by atoms with van der Waals surface area (Å²) in [6.07, 6.45) is 4.05. The Balaban J connectivity index is 2.89. The van der Waals surface area contributed by atoms with E-state index in [0.29, 0.717) is 5.92 Å². The fourth-order valence-corrected chi connectivity index (χ4v) is 2.76. The molecule has 1 heterocycles. The average molecular weight is 317 g/mol. The van der Waals surface area contributed by atoms with Gasteiger partial charge in [-0.25, -0.2) is 0 Å². The van der Waals surface area contributed by atoms with Gasteiger partial charge < -0.3 is 10.6 Å². The highest BCUT2D eigenvalue weighted by molar-refractivity contribution is 9.10. The SMILES string of the molecule is CCC(CC)C(N)c1c(Br)cnn1CCN(C)C. The van der Waals surface area contributed by atoms with Gasteiger partial charge in [0.1, 0.15) is 0 Å². The highest BCUT2D eigenvalue weighted by atomic mass is 79.9. The van der Waals surface area contributed by atoms with E-state index in [9.17, 15) is 0 Å². The summed E-state index contributed by atoms with van der Waals surface area (Å²) < 4.78 is 3.06. The third-order valence-electron chi connectivity index (χ3n) is 3.46. The zero-order chi connectivity index (χ0) is 13.7. The molecule has 0 aliphatic carbocycles. The van der Waals surface area contributed by atoms with Gasteiger partial charge in [0.05, 0.1) is 29.0 Å². The van der Waals surface area contributed by atoms with E-state index in [2.05, 4.69) is 53.9 Å². The normalized spacial score (nSPS) is 13.6. The minimum Gasteiger partial charge on any atom is -0.322 e. The monoisotopic (exact) mass is 316 g/mol. The highest BCUT2D eigenvalue weighted by Gasteiger charge is 2.22. The molecule has 1 aromatic heterocycles. The van der Waals surface area contributed by atoms with Crippen molar-refractivity contribution in [3.05, 3.63) is 16.4 Å². The predicted octanol–water partition coefficient (Wildman–Crippen LogP) is 2.64. The maximum atomic E-state index is 6.41. The maximum Gasteiger partial charge on any atom is 0.0696 e. The highest BCUT2D eigenvalue weighted by Crippen LogP contribution is 2.30. The molecule has 0 saturated carbocycles. The van der Waals surface area contributed by atoms with Crippen LogP contribution in [0.2, 0.25) is 0 Å². The van der Waals surface area contributed by atoms with E-state index in [0.717, 1.165) is 36.1 Å². The topological polar surface area (TPSA) is 47.1 Å². The van der Waals surface area contributed by atoms with E-state index >= 15 is 0 Å². The Morgan fingerprint density at radius 1 is 1.39 bits per heavy atom. The summed E-state index contributed by atoms with van der Waals surface area (Å²) in [6.45, 7) is 6.24. The first-order chi connectivity index (χ1) is 8.51. The quantitative estimate of drug-likeness (QED) is 0.841. The number of aromatic nitrogens is 2. The number of halogens is 1. The molecule has 1 atom stereocenters. The van der Waals surface area contributed by atoms with Gasteiger partial charge in [-0.15, -0.1) is 0 Å². The lowest BCUT2D eigenvalue weighted by atomic mass is 9.92. The predicted molar refractivity (Wildman–Crippen MR) is 79.5 cm³/mol. The first-order valence-corrected chi connectivity index (χ1v) is 7.42. The lowest BCUT2D eigenvalue weighted by Crippen LogP contribution is -2.27. The molecule has 0 fully saturated rings. The van der Waals surface area contributed by atoms with Gasteiger partial charge >= 0.3 is 0 Å². The standard InChI is InChI=1S/C13H25BrN4/c1-5-10(6-2)12(15)13-11(14)9-16-18(13)8-7-17(3)4/h9-10,12H,5-8,15H2,1-4H3. The molecule has 0 aromatic carbocycles. The fourth-order valence-electron chi connectivity index (χ4n) is 2.20. The van der Waals surface area contributed by atoms with Gasteiger partial charge in [0, 0.05) is 6.54 Å². The van der Waals surface area contributed by atoms with Crippen molar-refractivity contribution in [3.8, 4) is 0 Å². The van der Waals surface area contributed by atoms with Gasteiger partial charge in [-0.05, 0) is 35.9 Å². The Morgan fingerprint density at radius 2 is 2.00 bits per heavy atom. The molecule has 0 bridgehead atoms. The van der Waals surface area contributed by atoms with Crippen molar-refractivity contribution in [3.63, 3.8) is 0 Å². The zero-order valence-electron chi connectivity index (χ0n) is 11.9. The van der Waals surface area contributed by atoms with Crippen LogP contribution in [-0.4, -0.2) is 35.3 Å². The molecule has 1 aromatic rings. The van der Waals surface area contributed by atoms with Crippen molar-refractivity contribution < 1.29 is 0 Å². The minimum absolute atomic E-state index is 0.0547. The first kappa shape index (κ1) is 15.7. The molecule has 2 N–H and O–H groups in total. The number of hydrogen-bond donors (Lipinski definition) is 1. The Bertz CT molecular complexity index is 358. The van der Waals surface area contributed by atoms with Crippen LogP contribution in [0.25, 0.3) is 0 Å². The Hall–Kier alpha value is -0.390. The lowest BCUT2D eigenvalue weighted by molar-refractivity contribution is 0.346. The van der Waals surface area contributed by atoms with E-state index in [-0.39, 0.29) is 6.04 Å². The second-order valence-corrected chi connectivity index (χ2v) is 5.86. The van der Waals surface area contributed by atoms with Gasteiger partial charge in [-0.2, -0.15) is 5.10 Å². The van der Waals surface area contributed by atoms with Crippen LogP contribution < -0.4 is 5.73 Å². The summed E-state index contributed by atoms with van der Waals surface area (Å²) in [7, 11) is 4.14. The zero-order valence-corrected chi connectivity index (χ0v) is 13.4. The van der Waals surface area contributed by atoms with Crippen LogP contribution in [0.1, 0.15) is 38.4 Å². The van der Waals surface area contributed by atoms with Gasteiger partial charge in [0.25, 0.3) is 0 Å². The molecule has 0 aliphatic rings. The van der Waals surface area contributed by atoms with E-state index in [1.807, 2.05) is 10.9 Å². The van der Waals surface area contributed by atoms with E-state index in [1.165, 1.54) is 0 Å². The van der Waals surface area contributed by atoms with Gasteiger partial charge in [-0.3, -0.25) is 4.68 Å². The number of nitrogens with two attached hydrogens (primary N) is 1. The Labute approximate surface area is 119 Å². The molecule has 104 valence electrons. The van der Waals surface area contributed by atoms with Crippen molar-refractivity contribution in [2.24, 2.45) is 11.7 Å². The summed E-state index contributed by atoms with van der Waals surface area (Å²) in [4.78, 5) is 2.15. The molecular formula is C13H25BrN4. The van der Waals surface area contributed by atoms with Crippen molar-refractivity contribution in [1.82, 2.24) is 14.7 Å². The van der Waals surface area contributed by atoms with E-state index in [1.54, 1.807) is 0 Å². The second-order valence-electron chi connectivity index (χ2n) is 5.01. The Kier molecular flexibility index (Phi) is 6.32. The molecule has 4 nitrogen and oxygen atoms in total. The molecule has 1 rings (SSSR count). The van der Waals surface area contributed by atoms with Crippen molar-refractivity contribution >= 4 is 15.9 Å². The van der Waals surface area contributed by atoms with Gasteiger partial charge in [0.15, 0.2) is 0 Å². The van der Waals surface area contributed by atoms with Crippen molar-refractivity contribution in [2.75, 3.05) is 20.6 Å². The summed E-state index contributed by atoms with van der Waals surface area (Å²) >= 11 is 3.57. The molecule has 5 heteroatoms. The van der Waals surface area contributed by atoms with E-state index in [4.69, 9.17) is 5.73 Å². The summed E-state index contributed by atoms with van der Waals surface area (Å²) in [5, 5.41) is 4.42. The Morgan fingerprint density at radius 3 is 2.50 bits per heavy atom. The average Bonchev–Trinajstić information content (AvgIpc) is 2.69. The summed E-state index contributed by atoms with van der Waals surface area (Å²) in [5.41, 5.74) is 7.54. The molecule has 0 aliphatic heterocycles. The van der Waals surface area contributed by atoms with E-state index < -0.39 is 0 Å². The van der Waals surface area contributed by atoms with Crippen LogP contribution in [0.4, 0.5) is 0 Å². The molecule has 1 unspecified atom stereocenters. The molecule has 18 heavy (non-hydrogen) atoms. The molecule has 0 radical (unpaired) electrons. The van der Waals surface area contributed by atoms with Crippen LogP contribution in [-0.2, 0) is 6.54 Å². The number of nitrogens with zero attached hydrogens (tertiary/aromatic N) is 3. The minimum atomic E-state index is 0.0547. The lowest BCUT2D eigenvalue weighted by Gasteiger charge is -2.23. The largest absolute Gasteiger partial charge is 0.322 e. The van der Waals surface area contributed by atoms with Crippen LogP contribution in [0, 0.1) is 5.92 Å². The smallest absolute Gasteiger partial charge is 0.0696 e. The third kappa shape index (κ3) is 3.80. The summed E-state index contributed by atoms with van der Waals surface area (Å²) in [5.74, 6) is 0.510. The van der Waals surface area contributed by atoms with Crippen molar-refractivity contribution in [2.45, 2.75) is 39.3 Å². The van der Waals surface area contributed by atoms with Crippen LogP contribution in [0.3, 0.4) is 0 Å². The second kappa shape index (κ2) is 7.26. The van der Waals surface area contributed by atoms with Crippen LogP contribution in [0.15, 0.2) is 10.7 Å². The molecule has 0 spiro atoms. The van der Waals surface area contributed by atoms with Crippen molar-refractivity contribution in [1.29, 1.82) is 0 Å².